The van der Waals surface area contributed by atoms with E-state index in [1.54, 1.807) is 6.92 Å². The van der Waals surface area contributed by atoms with Crippen LogP contribution in [-0.2, 0) is 9.67 Å². The number of carbonyl (C=O) groups excluding carboxylic acids is 1. The van der Waals surface area contributed by atoms with Gasteiger partial charge in [0.05, 0.1) is 0 Å². The average Bonchev–Trinajstić information content (AvgIpc) is 2.28. The minimum atomic E-state index is -1.18. The van der Waals surface area contributed by atoms with Gasteiger partial charge in [-0.15, -0.1) is 11.6 Å². The number of benzene rings is 2. The second kappa shape index (κ2) is 4.08. The molecule has 0 heterocycles. The van der Waals surface area contributed by atoms with Crippen LogP contribution in [0.4, 0.5) is 0 Å². The molecule has 0 aromatic heterocycles. The largest absolute Gasteiger partial charge is 0.279 e. The van der Waals surface area contributed by atoms with Crippen molar-refractivity contribution in [2.75, 3.05) is 0 Å². The number of halogens is 2. The summed E-state index contributed by atoms with van der Waals surface area (Å²) in [4.78, 5) is 10.2. The van der Waals surface area contributed by atoms with E-state index in [-0.39, 0.29) is 0 Å². The zero-order valence-corrected chi connectivity index (χ0v) is 10.2. The molecular weight excluding hydrogens is 243 g/mol. The van der Waals surface area contributed by atoms with E-state index >= 15 is 0 Å². The molecule has 0 saturated carbocycles. The van der Waals surface area contributed by atoms with Crippen molar-refractivity contribution in [3.05, 3.63) is 48.0 Å². The molecular formula is C13H10Cl2O. The molecule has 1 nitrogen and oxygen atoms in total. The molecule has 0 bridgehead atoms. The fourth-order valence-corrected chi connectivity index (χ4v) is 2.01. The van der Waals surface area contributed by atoms with Crippen molar-refractivity contribution >= 4 is 39.2 Å². The zero-order valence-electron chi connectivity index (χ0n) is 8.71. The first kappa shape index (κ1) is 11.4. The molecule has 0 radical (unpaired) electrons. The van der Waals surface area contributed by atoms with Gasteiger partial charge in [-0.25, -0.2) is 0 Å². The standard InChI is InChI=1S/C13H10Cl2O/c1-13(15,12(14)16)11-8-4-6-9-5-2-3-7-10(9)11/h2-8H,1H3. The Balaban J connectivity index is 2.74. The van der Waals surface area contributed by atoms with Crippen LogP contribution in [0.15, 0.2) is 42.5 Å². The van der Waals surface area contributed by atoms with Crippen LogP contribution < -0.4 is 0 Å². The van der Waals surface area contributed by atoms with Gasteiger partial charge in [-0.1, -0.05) is 42.5 Å². The van der Waals surface area contributed by atoms with E-state index in [4.69, 9.17) is 23.2 Å². The molecule has 0 fully saturated rings. The fourth-order valence-electron chi connectivity index (χ4n) is 1.74. The maximum Gasteiger partial charge on any atom is 0.246 e. The molecule has 0 aliphatic carbocycles. The van der Waals surface area contributed by atoms with Gasteiger partial charge in [0.15, 0.2) is 0 Å². The summed E-state index contributed by atoms with van der Waals surface area (Å²) in [6, 6.07) is 13.4. The Kier molecular flexibility index (Phi) is 2.92. The molecule has 0 saturated heterocycles. The minimum absolute atomic E-state index is 0.564. The molecule has 3 heteroatoms. The molecule has 0 aliphatic rings. The number of alkyl halides is 1. The maximum absolute atomic E-state index is 11.3. The minimum Gasteiger partial charge on any atom is -0.279 e. The van der Waals surface area contributed by atoms with Gasteiger partial charge in [-0.2, -0.15) is 0 Å². The summed E-state index contributed by atoms with van der Waals surface area (Å²) in [6.45, 7) is 1.62. The van der Waals surface area contributed by atoms with Gasteiger partial charge >= 0.3 is 0 Å². The van der Waals surface area contributed by atoms with E-state index < -0.39 is 10.1 Å². The lowest BCUT2D eigenvalue weighted by Crippen LogP contribution is -2.21. The number of hydrogen-bond acceptors (Lipinski definition) is 1. The lowest BCUT2D eigenvalue weighted by Gasteiger charge is -2.19. The molecule has 0 N–H and O–H groups in total. The summed E-state index contributed by atoms with van der Waals surface area (Å²) < 4.78 is 0. The summed E-state index contributed by atoms with van der Waals surface area (Å²) in [5, 5.41) is 1.44. The topological polar surface area (TPSA) is 17.1 Å². The predicted octanol–water partition coefficient (Wildman–Crippen LogP) is 4.06. The third-order valence-corrected chi connectivity index (χ3v) is 3.51. The van der Waals surface area contributed by atoms with Crippen LogP contribution in [0.5, 0.6) is 0 Å². The molecule has 1 unspecified atom stereocenters. The molecule has 2 aromatic carbocycles. The summed E-state index contributed by atoms with van der Waals surface area (Å²) in [7, 11) is 0. The predicted molar refractivity (Wildman–Crippen MR) is 68.0 cm³/mol. The average molecular weight is 253 g/mol. The number of rotatable bonds is 2. The van der Waals surface area contributed by atoms with E-state index in [0.717, 1.165) is 16.3 Å². The van der Waals surface area contributed by atoms with Crippen molar-refractivity contribution in [2.45, 2.75) is 11.8 Å². The summed E-state index contributed by atoms with van der Waals surface area (Å²) in [5.74, 6) is 0. The van der Waals surface area contributed by atoms with Gasteiger partial charge in [0, 0.05) is 0 Å². The summed E-state index contributed by atoms with van der Waals surface area (Å²) >= 11 is 11.7. The molecule has 16 heavy (non-hydrogen) atoms. The Bertz CT molecular complexity index is 541. The van der Waals surface area contributed by atoms with Gasteiger partial charge in [0.2, 0.25) is 5.24 Å². The van der Waals surface area contributed by atoms with Crippen molar-refractivity contribution < 1.29 is 4.79 Å². The number of hydrogen-bond donors (Lipinski definition) is 0. The van der Waals surface area contributed by atoms with Crippen molar-refractivity contribution in [1.29, 1.82) is 0 Å². The lowest BCUT2D eigenvalue weighted by molar-refractivity contribution is -0.113. The van der Waals surface area contributed by atoms with Crippen LogP contribution in [0, 0.1) is 0 Å². The monoisotopic (exact) mass is 252 g/mol. The highest BCUT2D eigenvalue weighted by Crippen LogP contribution is 2.35. The van der Waals surface area contributed by atoms with Crippen LogP contribution in [0.25, 0.3) is 10.8 Å². The van der Waals surface area contributed by atoms with Crippen molar-refractivity contribution in [3.63, 3.8) is 0 Å². The van der Waals surface area contributed by atoms with Crippen molar-refractivity contribution in [3.8, 4) is 0 Å². The van der Waals surface area contributed by atoms with E-state index in [9.17, 15) is 4.79 Å². The van der Waals surface area contributed by atoms with Gasteiger partial charge < -0.3 is 0 Å². The number of fused-ring (bicyclic) bond motifs is 1. The van der Waals surface area contributed by atoms with Gasteiger partial charge in [-0.05, 0) is 34.9 Å². The Morgan fingerprint density at radius 3 is 2.44 bits per heavy atom. The zero-order chi connectivity index (χ0) is 11.8. The highest BCUT2D eigenvalue weighted by molar-refractivity contribution is 6.70. The van der Waals surface area contributed by atoms with Crippen LogP contribution in [0.3, 0.4) is 0 Å². The number of carbonyl (C=O) groups is 1. The SMILES string of the molecule is CC(Cl)(C(=O)Cl)c1cccc2ccccc12. The van der Waals surface area contributed by atoms with Crippen molar-refractivity contribution in [1.82, 2.24) is 0 Å². The highest BCUT2D eigenvalue weighted by Gasteiger charge is 2.32. The van der Waals surface area contributed by atoms with Crippen LogP contribution in [0.2, 0.25) is 0 Å². The quantitative estimate of drug-likeness (QED) is 0.582. The Labute approximate surface area is 104 Å². The second-order valence-electron chi connectivity index (χ2n) is 3.80. The fraction of sp³-hybridized carbons (Fsp3) is 0.154. The summed E-state index contributed by atoms with van der Waals surface area (Å²) in [5.41, 5.74) is 0.743. The van der Waals surface area contributed by atoms with Crippen LogP contribution in [-0.4, -0.2) is 5.24 Å². The van der Waals surface area contributed by atoms with E-state index in [2.05, 4.69) is 0 Å². The maximum atomic E-state index is 11.3. The van der Waals surface area contributed by atoms with Crippen LogP contribution >= 0.6 is 23.2 Å². The molecule has 2 rings (SSSR count). The molecule has 2 aromatic rings. The second-order valence-corrected chi connectivity index (χ2v) is 4.90. The van der Waals surface area contributed by atoms with Gasteiger partial charge in [0.25, 0.3) is 0 Å². The van der Waals surface area contributed by atoms with Gasteiger partial charge in [-0.3, -0.25) is 4.79 Å². The first-order valence-corrected chi connectivity index (χ1v) is 5.66. The normalized spacial score (nSPS) is 14.7. The van der Waals surface area contributed by atoms with Crippen molar-refractivity contribution in [2.24, 2.45) is 0 Å². The molecule has 1 atom stereocenters. The smallest absolute Gasteiger partial charge is 0.246 e. The van der Waals surface area contributed by atoms with E-state index in [1.165, 1.54) is 0 Å². The Morgan fingerprint density at radius 1 is 1.12 bits per heavy atom. The summed E-state index contributed by atoms with van der Waals surface area (Å²) in [6.07, 6.45) is 0. The van der Waals surface area contributed by atoms with Gasteiger partial charge in [0.1, 0.15) is 4.87 Å². The third kappa shape index (κ3) is 1.81. The molecule has 0 aliphatic heterocycles. The third-order valence-electron chi connectivity index (χ3n) is 2.66. The molecule has 82 valence electrons. The van der Waals surface area contributed by atoms with E-state index in [1.807, 2.05) is 42.5 Å². The Hall–Kier alpha value is -1.05. The molecule has 0 spiro atoms. The highest BCUT2D eigenvalue weighted by atomic mass is 35.5. The molecule has 0 amide bonds. The first-order valence-electron chi connectivity index (χ1n) is 4.90. The Morgan fingerprint density at radius 2 is 1.75 bits per heavy atom. The lowest BCUT2D eigenvalue weighted by atomic mass is 9.95. The van der Waals surface area contributed by atoms with E-state index in [0.29, 0.717) is 0 Å². The van der Waals surface area contributed by atoms with Crippen LogP contribution in [0.1, 0.15) is 12.5 Å². The first-order chi connectivity index (χ1) is 7.53.